The smallest absolute Gasteiger partial charge is 0.411 e. The Bertz CT molecular complexity index is 617. The van der Waals surface area contributed by atoms with Gasteiger partial charge >= 0.3 is 12.1 Å². The molecule has 1 aliphatic rings. The Hall–Kier alpha value is -1.83. The molecule has 0 aliphatic carbocycles. The largest absolute Gasteiger partial charge is 0.472 e. The van der Waals surface area contributed by atoms with Crippen LogP contribution in [0.15, 0.2) is 22.8 Å². The predicted molar refractivity (Wildman–Crippen MR) is 89.7 cm³/mol. The van der Waals surface area contributed by atoms with Gasteiger partial charge in [-0.25, -0.2) is 14.6 Å². The van der Waals surface area contributed by atoms with E-state index in [2.05, 4.69) is 20.9 Å². The van der Waals surface area contributed by atoms with Crippen LogP contribution in [0.5, 0.6) is 5.88 Å². The zero-order valence-corrected chi connectivity index (χ0v) is 15.7. The van der Waals surface area contributed by atoms with E-state index in [1.807, 2.05) is 0 Å². The molecular formula is C16H21BrN2O5. The monoisotopic (exact) mass is 400 g/mol. The number of likely N-dealkylation sites (tertiary alicyclic amines) is 1. The van der Waals surface area contributed by atoms with E-state index >= 15 is 0 Å². The van der Waals surface area contributed by atoms with Gasteiger partial charge in [-0.2, -0.15) is 0 Å². The standard InChI is InChI=1S/C16H21BrN2O5/c1-16(2,3)24-15(21)19-9-10(8-11(19)14(20)22-4)23-13-7-5-6-12(17)18-13/h5-7,10-11H,8-9H2,1-4H3/t10-,11-/m0/s1. The minimum absolute atomic E-state index is 0.225. The first-order valence-electron chi connectivity index (χ1n) is 7.56. The molecule has 0 aromatic carbocycles. The van der Waals surface area contributed by atoms with E-state index in [1.165, 1.54) is 12.0 Å². The topological polar surface area (TPSA) is 78.0 Å². The third kappa shape index (κ3) is 4.83. The maximum absolute atomic E-state index is 12.4. The first-order chi connectivity index (χ1) is 11.2. The van der Waals surface area contributed by atoms with Crippen LogP contribution in [0.2, 0.25) is 0 Å². The minimum Gasteiger partial charge on any atom is -0.472 e. The number of nitrogens with zero attached hydrogens (tertiary/aromatic N) is 2. The second-order valence-electron chi connectivity index (χ2n) is 6.45. The van der Waals surface area contributed by atoms with Crippen molar-refractivity contribution < 1.29 is 23.8 Å². The van der Waals surface area contributed by atoms with E-state index in [0.29, 0.717) is 16.9 Å². The molecule has 132 valence electrons. The van der Waals surface area contributed by atoms with Crippen LogP contribution in [-0.2, 0) is 14.3 Å². The van der Waals surface area contributed by atoms with Crippen LogP contribution in [-0.4, -0.2) is 53.3 Å². The van der Waals surface area contributed by atoms with Gasteiger partial charge in [0.15, 0.2) is 0 Å². The van der Waals surface area contributed by atoms with Crippen LogP contribution < -0.4 is 4.74 Å². The number of esters is 1. The van der Waals surface area contributed by atoms with Gasteiger partial charge in [-0.05, 0) is 42.8 Å². The second kappa shape index (κ2) is 7.38. The molecule has 0 unspecified atom stereocenters. The third-order valence-electron chi connectivity index (χ3n) is 3.34. The molecule has 1 aliphatic heterocycles. The highest BCUT2D eigenvalue weighted by Gasteiger charge is 2.43. The molecule has 2 rings (SSSR count). The average Bonchev–Trinajstić information content (AvgIpc) is 2.88. The first-order valence-corrected chi connectivity index (χ1v) is 8.35. The van der Waals surface area contributed by atoms with Crippen molar-refractivity contribution in [2.45, 2.75) is 44.9 Å². The summed E-state index contributed by atoms with van der Waals surface area (Å²) in [6.45, 7) is 5.54. The fraction of sp³-hybridized carbons (Fsp3) is 0.562. The molecule has 0 bridgehead atoms. The number of carbonyl (C=O) groups is 2. The summed E-state index contributed by atoms with van der Waals surface area (Å²) >= 11 is 3.28. The number of hydrogen-bond donors (Lipinski definition) is 0. The average molecular weight is 401 g/mol. The number of amides is 1. The van der Waals surface area contributed by atoms with E-state index in [0.717, 1.165) is 0 Å². The van der Waals surface area contributed by atoms with Crippen molar-refractivity contribution in [1.29, 1.82) is 0 Å². The zero-order valence-electron chi connectivity index (χ0n) is 14.1. The Kier molecular flexibility index (Phi) is 5.69. The third-order valence-corrected chi connectivity index (χ3v) is 3.78. The number of ether oxygens (including phenoxy) is 3. The summed E-state index contributed by atoms with van der Waals surface area (Å²) in [5.41, 5.74) is -0.650. The lowest BCUT2D eigenvalue weighted by Gasteiger charge is -2.27. The van der Waals surface area contributed by atoms with E-state index in [9.17, 15) is 9.59 Å². The van der Waals surface area contributed by atoms with E-state index in [4.69, 9.17) is 14.2 Å². The molecule has 1 aromatic rings. The van der Waals surface area contributed by atoms with Crippen molar-refractivity contribution in [2.75, 3.05) is 13.7 Å². The lowest BCUT2D eigenvalue weighted by atomic mass is 10.2. The van der Waals surface area contributed by atoms with Gasteiger partial charge in [-0.15, -0.1) is 0 Å². The number of hydrogen-bond acceptors (Lipinski definition) is 6. The molecule has 0 radical (unpaired) electrons. The van der Waals surface area contributed by atoms with Gasteiger partial charge in [0.25, 0.3) is 0 Å². The molecule has 1 aromatic heterocycles. The summed E-state index contributed by atoms with van der Waals surface area (Å²) in [6.07, 6.45) is -0.616. The van der Waals surface area contributed by atoms with Crippen molar-refractivity contribution in [1.82, 2.24) is 9.88 Å². The molecular weight excluding hydrogens is 380 g/mol. The van der Waals surface area contributed by atoms with Gasteiger partial charge in [-0.1, -0.05) is 6.07 Å². The van der Waals surface area contributed by atoms with Gasteiger partial charge in [0.05, 0.1) is 13.7 Å². The Morgan fingerprint density at radius 2 is 2.04 bits per heavy atom. The fourth-order valence-corrected chi connectivity index (χ4v) is 2.72. The Morgan fingerprint density at radius 3 is 2.62 bits per heavy atom. The summed E-state index contributed by atoms with van der Waals surface area (Å²) in [5.74, 6) is -0.0711. The van der Waals surface area contributed by atoms with Crippen molar-refractivity contribution in [3.05, 3.63) is 22.8 Å². The maximum Gasteiger partial charge on any atom is 0.411 e. The molecule has 2 heterocycles. The minimum atomic E-state index is -0.734. The number of methoxy groups -OCH3 is 1. The first kappa shape index (κ1) is 18.5. The maximum atomic E-state index is 12.4. The Labute approximate surface area is 149 Å². The SMILES string of the molecule is COC(=O)[C@@H]1C[C@H](Oc2cccc(Br)n2)CN1C(=O)OC(C)(C)C. The predicted octanol–water partition coefficient (Wildman–Crippen LogP) is 2.77. The molecule has 7 nitrogen and oxygen atoms in total. The molecule has 8 heteroatoms. The number of halogens is 1. The number of rotatable bonds is 3. The Balaban J connectivity index is 2.11. The molecule has 24 heavy (non-hydrogen) atoms. The molecule has 0 N–H and O–H groups in total. The van der Waals surface area contributed by atoms with Crippen molar-refractivity contribution in [3.63, 3.8) is 0 Å². The van der Waals surface area contributed by atoms with Crippen molar-refractivity contribution in [2.24, 2.45) is 0 Å². The van der Waals surface area contributed by atoms with Gasteiger partial charge < -0.3 is 14.2 Å². The van der Waals surface area contributed by atoms with Gasteiger partial charge in [0.1, 0.15) is 22.4 Å². The highest BCUT2D eigenvalue weighted by molar-refractivity contribution is 9.10. The van der Waals surface area contributed by atoms with E-state index < -0.39 is 23.7 Å². The normalized spacial score (nSPS) is 20.6. The number of aromatic nitrogens is 1. The van der Waals surface area contributed by atoms with Crippen LogP contribution in [0.3, 0.4) is 0 Å². The number of pyridine rings is 1. The lowest BCUT2D eigenvalue weighted by Crippen LogP contribution is -2.44. The summed E-state index contributed by atoms with van der Waals surface area (Å²) in [5, 5.41) is 0. The summed E-state index contributed by atoms with van der Waals surface area (Å²) in [4.78, 5) is 29.9. The van der Waals surface area contributed by atoms with Gasteiger partial charge in [0, 0.05) is 12.5 Å². The molecule has 2 atom stereocenters. The fourth-order valence-electron chi connectivity index (χ4n) is 2.39. The highest BCUT2D eigenvalue weighted by Crippen LogP contribution is 2.25. The summed E-state index contributed by atoms with van der Waals surface area (Å²) in [7, 11) is 1.29. The van der Waals surface area contributed by atoms with Gasteiger partial charge in [-0.3, -0.25) is 4.90 Å². The molecule has 1 saturated heterocycles. The van der Waals surface area contributed by atoms with Crippen LogP contribution in [0.25, 0.3) is 0 Å². The van der Waals surface area contributed by atoms with Crippen LogP contribution >= 0.6 is 15.9 Å². The highest BCUT2D eigenvalue weighted by atomic mass is 79.9. The van der Waals surface area contributed by atoms with E-state index in [1.54, 1.807) is 39.0 Å². The molecule has 1 fully saturated rings. The second-order valence-corrected chi connectivity index (χ2v) is 7.26. The van der Waals surface area contributed by atoms with Crippen LogP contribution in [0.4, 0.5) is 4.79 Å². The number of carbonyl (C=O) groups excluding carboxylic acids is 2. The van der Waals surface area contributed by atoms with Crippen molar-refractivity contribution in [3.8, 4) is 5.88 Å². The lowest BCUT2D eigenvalue weighted by molar-refractivity contribution is -0.145. The molecule has 0 spiro atoms. The molecule has 1 amide bonds. The molecule has 0 saturated carbocycles. The quantitative estimate of drug-likeness (QED) is 0.573. The van der Waals surface area contributed by atoms with Crippen molar-refractivity contribution >= 4 is 28.0 Å². The van der Waals surface area contributed by atoms with Crippen LogP contribution in [0, 0.1) is 0 Å². The van der Waals surface area contributed by atoms with Gasteiger partial charge in [0.2, 0.25) is 5.88 Å². The summed E-state index contributed by atoms with van der Waals surface area (Å²) < 4.78 is 16.6. The van der Waals surface area contributed by atoms with E-state index in [-0.39, 0.29) is 12.6 Å². The van der Waals surface area contributed by atoms with Crippen LogP contribution in [0.1, 0.15) is 27.2 Å². The zero-order chi connectivity index (χ0) is 17.9. The summed E-state index contributed by atoms with van der Waals surface area (Å²) in [6, 6.07) is 4.56. The Morgan fingerprint density at radius 1 is 1.33 bits per heavy atom.